The van der Waals surface area contributed by atoms with Crippen molar-refractivity contribution in [3.05, 3.63) is 39.7 Å². The number of carbonyl (C=O) groups excluding carboxylic acids is 1. The predicted molar refractivity (Wildman–Crippen MR) is 90.6 cm³/mol. The van der Waals surface area contributed by atoms with Crippen LogP contribution in [0.25, 0.3) is 0 Å². The molecule has 2 rings (SSSR count). The number of thiophene rings is 1. The van der Waals surface area contributed by atoms with Gasteiger partial charge >= 0.3 is 5.97 Å². The van der Waals surface area contributed by atoms with E-state index in [1.165, 1.54) is 23.5 Å². The topological polar surface area (TPSA) is 114 Å². The highest BCUT2D eigenvalue weighted by Crippen LogP contribution is 2.33. The first-order chi connectivity index (χ1) is 11.1. The Morgan fingerprint density at radius 3 is 2.54 bits per heavy atom. The lowest BCUT2D eigenvalue weighted by Crippen LogP contribution is -2.13. The van der Waals surface area contributed by atoms with Gasteiger partial charge in [0.05, 0.1) is 5.56 Å². The van der Waals surface area contributed by atoms with Crippen molar-refractivity contribution in [1.29, 1.82) is 0 Å². The van der Waals surface area contributed by atoms with Crippen LogP contribution in [0.5, 0.6) is 0 Å². The molecule has 2 aromatic heterocycles. The molecule has 0 atom stereocenters. The summed E-state index contributed by atoms with van der Waals surface area (Å²) in [5.41, 5.74) is 0.760. The third-order valence-electron chi connectivity index (χ3n) is 3.29. The second-order valence-electron chi connectivity index (χ2n) is 5.29. The molecule has 0 bridgehead atoms. The van der Waals surface area contributed by atoms with Crippen LogP contribution in [0.3, 0.4) is 0 Å². The summed E-state index contributed by atoms with van der Waals surface area (Å²) in [6.45, 7) is 3.64. The van der Waals surface area contributed by atoms with E-state index in [1.807, 2.05) is 6.92 Å². The van der Waals surface area contributed by atoms with Crippen molar-refractivity contribution in [2.24, 2.45) is 0 Å². The first-order valence-electron chi connectivity index (χ1n) is 7.05. The molecule has 7 nitrogen and oxygen atoms in total. The predicted octanol–water partition coefficient (Wildman–Crippen LogP) is 2.71. The monoisotopic (exact) mass is 371 g/mol. The van der Waals surface area contributed by atoms with Gasteiger partial charge < -0.3 is 14.8 Å². The second-order valence-corrected chi connectivity index (χ2v) is 8.65. The fourth-order valence-electron chi connectivity index (χ4n) is 2.32. The smallest absolute Gasteiger partial charge is 0.339 e. The number of hydrogen-bond donors (Lipinski definition) is 2. The zero-order valence-electron chi connectivity index (χ0n) is 13.4. The third-order valence-corrected chi connectivity index (χ3v) is 5.17. The number of sulfone groups is 1. The third kappa shape index (κ3) is 4.04. The number of aryl methyl sites for hydroxylation is 1. The van der Waals surface area contributed by atoms with Crippen molar-refractivity contribution < 1.29 is 27.5 Å². The van der Waals surface area contributed by atoms with Crippen LogP contribution >= 0.6 is 11.3 Å². The Labute approximate surface area is 143 Å². The molecule has 1 amide bonds. The molecular weight excluding hydrogens is 354 g/mol. The largest absolute Gasteiger partial charge is 0.478 e. The van der Waals surface area contributed by atoms with Gasteiger partial charge in [-0.2, -0.15) is 0 Å². The van der Waals surface area contributed by atoms with Crippen LogP contribution in [-0.2, 0) is 22.0 Å². The maximum atomic E-state index is 12.2. The molecule has 2 N–H and O–H groups in total. The van der Waals surface area contributed by atoms with Gasteiger partial charge in [-0.15, -0.1) is 11.3 Å². The van der Waals surface area contributed by atoms with Gasteiger partial charge in [0, 0.05) is 11.1 Å². The fourth-order valence-corrected chi connectivity index (χ4v) is 4.12. The van der Waals surface area contributed by atoms with Gasteiger partial charge in [0.25, 0.3) is 5.91 Å². The highest BCUT2D eigenvalue weighted by atomic mass is 32.2. The van der Waals surface area contributed by atoms with Gasteiger partial charge in [0.2, 0.25) is 0 Å². The normalized spacial score (nSPS) is 11.5. The van der Waals surface area contributed by atoms with E-state index in [4.69, 9.17) is 4.42 Å². The number of amides is 1. The molecule has 0 aliphatic carbocycles. The maximum Gasteiger partial charge on any atom is 0.339 e. The highest BCUT2D eigenvalue weighted by molar-refractivity contribution is 7.89. The quantitative estimate of drug-likeness (QED) is 0.807. The minimum absolute atomic E-state index is 0.0749. The molecule has 0 aliphatic rings. The Balaban J connectivity index is 2.26. The lowest BCUT2D eigenvalue weighted by molar-refractivity contribution is 0.0697. The van der Waals surface area contributed by atoms with Crippen molar-refractivity contribution in [3.8, 4) is 0 Å². The Hall–Kier alpha value is -2.13. The van der Waals surface area contributed by atoms with E-state index < -0.39 is 21.7 Å². The van der Waals surface area contributed by atoms with Crippen LogP contribution in [0.2, 0.25) is 0 Å². The van der Waals surface area contributed by atoms with Crippen LogP contribution in [-0.4, -0.2) is 31.7 Å². The van der Waals surface area contributed by atoms with Crippen molar-refractivity contribution in [2.75, 3.05) is 11.6 Å². The maximum absolute atomic E-state index is 12.2. The number of carboxylic acids is 1. The molecule has 0 unspecified atom stereocenters. The highest BCUT2D eigenvalue weighted by Gasteiger charge is 2.23. The Morgan fingerprint density at radius 1 is 1.33 bits per heavy atom. The zero-order chi connectivity index (χ0) is 18.1. The molecule has 0 radical (unpaired) electrons. The van der Waals surface area contributed by atoms with E-state index in [2.05, 4.69) is 5.32 Å². The number of rotatable bonds is 6. The average Bonchev–Trinajstić information content (AvgIpc) is 3.01. The molecule has 0 spiro atoms. The molecule has 0 saturated carbocycles. The number of anilines is 1. The van der Waals surface area contributed by atoms with Crippen LogP contribution in [0.1, 0.15) is 44.0 Å². The molecule has 9 heteroatoms. The number of hydrogen-bond acceptors (Lipinski definition) is 6. The lowest BCUT2D eigenvalue weighted by atomic mass is 10.1. The molecule has 2 aromatic rings. The summed E-state index contributed by atoms with van der Waals surface area (Å²) < 4.78 is 27.7. The fraction of sp³-hybridized carbons (Fsp3) is 0.333. The minimum atomic E-state index is -3.27. The molecule has 0 aliphatic heterocycles. The van der Waals surface area contributed by atoms with Gasteiger partial charge in [0.15, 0.2) is 15.6 Å². The molecule has 0 saturated heterocycles. The molecule has 24 heavy (non-hydrogen) atoms. The van der Waals surface area contributed by atoms with Crippen molar-refractivity contribution in [1.82, 2.24) is 0 Å². The van der Waals surface area contributed by atoms with Gasteiger partial charge in [-0.25, -0.2) is 13.2 Å². The van der Waals surface area contributed by atoms with Crippen molar-refractivity contribution >= 4 is 38.1 Å². The van der Waals surface area contributed by atoms with Crippen LogP contribution < -0.4 is 5.32 Å². The standard InChI is InChI=1S/C15H17NO6S2/c1-4-10-8(2)23-14(12(10)15(18)19)16-13(17)11-6-5-9(22-11)7-24(3,20)21/h5-6H,4,7H2,1-3H3,(H,16,17)(H,18,19). The van der Waals surface area contributed by atoms with E-state index in [-0.39, 0.29) is 27.8 Å². The minimum Gasteiger partial charge on any atom is -0.478 e. The number of carboxylic acid groups (broad SMARTS) is 1. The summed E-state index contributed by atoms with van der Waals surface area (Å²) in [6, 6.07) is 2.77. The Bertz CT molecular complexity index is 891. The number of nitrogens with one attached hydrogen (secondary N) is 1. The van der Waals surface area contributed by atoms with Crippen LogP contribution in [0.4, 0.5) is 5.00 Å². The van der Waals surface area contributed by atoms with Crippen molar-refractivity contribution in [3.63, 3.8) is 0 Å². The molecule has 2 heterocycles. The summed E-state index contributed by atoms with van der Waals surface area (Å²) >= 11 is 1.18. The summed E-state index contributed by atoms with van der Waals surface area (Å²) in [5.74, 6) is -1.96. The summed E-state index contributed by atoms with van der Waals surface area (Å²) in [4.78, 5) is 24.5. The average molecular weight is 371 g/mol. The van der Waals surface area contributed by atoms with Gasteiger partial charge in [0.1, 0.15) is 16.5 Å². The van der Waals surface area contributed by atoms with E-state index in [0.717, 1.165) is 11.1 Å². The summed E-state index contributed by atoms with van der Waals surface area (Å²) in [5, 5.41) is 12.1. The Kier molecular flexibility index (Phi) is 5.14. The van der Waals surface area contributed by atoms with E-state index in [9.17, 15) is 23.1 Å². The van der Waals surface area contributed by atoms with Crippen LogP contribution in [0.15, 0.2) is 16.5 Å². The SMILES string of the molecule is CCc1c(C)sc(NC(=O)c2ccc(CS(C)(=O)=O)o2)c1C(=O)O. The summed E-state index contributed by atoms with van der Waals surface area (Å²) in [7, 11) is -3.27. The molecule has 0 aromatic carbocycles. The van der Waals surface area contributed by atoms with Gasteiger partial charge in [-0.05, 0) is 31.0 Å². The van der Waals surface area contributed by atoms with Crippen LogP contribution in [0, 0.1) is 6.92 Å². The summed E-state index contributed by atoms with van der Waals surface area (Å²) in [6.07, 6.45) is 1.61. The van der Waals surface area contributed by atoms with E-state index >= 15 is 0 Å². The number of carbonyl (C=O) groups is 2. The first-order valence-corrected chi connectivity index (χ1v) is 9.93. The number of furan rings is 1. The molecule has 0 fully saturated rings. The van der Waals surface area contributed by atoms with Gasteiger partial charge in [-0.3, -0.25) is 4.79 Å². The number of aromatic carboxylic acids is 1. The zero-order valence-corrected chi connectivity index (χ0v) is 15.0. The van der Waals surface area contributed by atoms with Crippen molar-refractivity contribution in [2.45, 2.75) is 26.0 Å². The van der Waals surface area contributed by atoms with E-state index in [0.29, 0.717) is 12.0 Å². The lowest BCUT2D eigenvalue weighted by Gasteiger charge is -2.03. The Morgan fingerprint density at radius 2 is 2.00 bits per heavy atom. The molecular formula is C15H17NO6S2. The second kappa shape index (κ2) is 6.78. The first kappa shape index (κ1) is 18.2. The van der Waals surface area contributed by atoms with Gasteiger partial charge in [-0.1, -0.05) is 6.92 Å². The van der Waals surface area contributed by atoms with E-state index in [1.54, 1.807) is 6.92 Å². The molecule has 130 valence electrons.